The van der Waals surface area contributed by atoms with Gasteiger partial charge in [0.2, 0.25) is 5.91 Å². The van der Waals surface area contributed by atoms with Gasteiger partial charge in [-0.1, -0.05) is 19.8 Å². The lowest BCUT2D eigenvalue weighted by Crippen LogP contribution is -2.36. The van der Waals surface area contributed by atoms with Crippen LogP contribution in [0.15, 0.2) is 0 Å². The first-order chi connectivity index (χ1) is 6.72. The Labute approximate surface area is 86.6 Å². The number of carbonyl (C=O) groups excluding carboxylic acids is 1. The molecule has 3 nitrogen and oxygen atoms in total. The summed E-state index contributed by atoms with van der Waals surface area (Å²) in [4.78, 5) is 10.6. The minimum atomic E-state index is 0.0574. The highest BCUT2D eigenvalue weighted by molar-refractivity contribution is 5.72. The molecular weight excluding hydrogens is 176 g/mol. The maximum atomic E-state index is 10.6. The van der Waals surface area contributed by atoms with Crippen LogP contribution in [-0.4, -0.2) is 25.0 Å². The van der Waals surface area contributed by atoms with Crippen molar-refractivity contribution in [1.82, 2.24) is 10.6 Å². The first kappa shape index (κ1) is 11.5. The lowest BCUT2D eigenvalue weighted by Gasteiger charge is -2.16. The number of rotatable bonds is 7. The van der Waals surface area contributed by atoms with Crippen molar-refractivity contribution in [3.63, 3.8) is 0 Å². The Hall–Kier alpha value is -0.570. The molecule has 0 aliphatic heterocycles. The number of hydrogen-bond acceptors (Lipinski definition) is 2. The van der Waals surface area contributed by atoms with Crippen molar-refractivity contribution in [1.29, 1.82) is 0 Å². The summed E-state index contributed by atoms with van der Waals surface area (Å²) in [7, 11) is 0. The molecule has 0 aromatic rings. The van der Waals surface area contributed by atoms with E-state index >= 15 is 0 Å². The van der Waals surface area contributed by atoms with Crippen molar-refractivity contribution >= 4 is 5.91 Å². The van der Waals surface area contributed by atoms with Crippen molar-refractivity contribution in [3.05, 3.63) is 0 Å². The molecule has 0 saturated heterocycles. The van der Waals surface area contributed by atoms with Gasteiger partial charge in [0.25, 0.3) is 0 Å². The summed E-state index contributed by atoms with van der Waals surface area (Å²) in [5.74, 6) is 1.04. The predicted octanol–water partition coefficient (Wildman–Crippen LogP) is 1.29. The summed E-state index contributed by atoms with van der Waals surface area (Å²) in [6.07, 6.45) is 5.35. The number of hydrogen-bond donors (Lipinski definition) is 2. The summed E-state index contributed by atoms with van der Waals surface area (Å²) in [6.45, 7) is 5.42. The van der Waals surface area contributed by atoms with Gasteiger partial charge in [0, 0.05) is 26.1 Å². The molecule has 3 heteroatoms. The van der Waals surface area contributed by atoms with Crippen LogP contribution >= 0.6 is 0 Å². The van der Waals surface area contributed by atoms with Gasteiger partial charge >= 0.3 is 0 Å². The first-order valence-electron chi connectivity index (χ1n) is 5.70. The average Bonchev–Trinajstić information content (AvgIpc) is 2.93. The predicted molar refractivity (Wildman–Crippen MR) is 58.1 cm³/mol. The molecule has 1 aliphatic carbocycles. The van der Waals surface area contributed by atoms with Crippen LogP contribution in [0.2, 0.25) is 0 Å². The maximum absolute atomic E-state index is 10.6. The van der Waals surface area contributed by atoms with Crippen LogP contribution in [0.5, 0.6) is 0 Å². The van der Waals surface area contributed by atoms with E-state index in [2.05, 4.69) is 17.6 Å². The smallest absolute Gasteiger partial charge is 0.216 e. The van der Waals surface area contributed by atoms with E-state index in [1.54, 1.807) is 6.92 Å². The first-order valence-corrected chi connectivity index (χ1v) is 5.70. The SMILES string of the molecule is CCC(CC1CC1)NCCNC(C)=O. The molecule has 0 aromatic carbocycles. The van der Waals surface area contributed by atoms with E-state index in [1.807, 2.05) is 0 Å². The minimum Gasteiger partial charge on any atom is -0.355 e. The van der Waals surface area contributed by atoms with Crippen molar-refractivity contribution in [3.8, 4) is 0 Å². The van der Waals surface area contributed by atoms with Gasteiger partial charge in [-0.15, -0.1) is 0 Å². The third-order valence-corrected chi connectivity index (χ3v) is 2.74. The topological polar surface area (TPSA) is 41.1 Å². The summed E-state index contributed by atoms with van der Waals surface area (Å²) in [5.41, 5.74) is 0. The van der Waals surface area contributed by atoms with E-state index in [0.29, 0.717) is 6.04 Å². The second-order valence-corrected chi connectivity index (χ2v) is 4.22. The van der Waals surface area contributed by atoms with Crippen LogP contribution in [0.25, 0.3) is 0 Å². The zero-order valence-corrected chi connectivity index (χ0v) is 9.31. The second kappa shape index (κ2) is 6.02. The van der Waals surface area contributed by atoms with Crippen LogP contribution in [0, 0.1) is 5.92 Å². The Balaban J connectivity index is 1.98. The highest BCUT2D eigenvalue weighted by atomic mass is 16.1. The molecule has 1 aliphatic rings. The third kappa shape index (κ3) is 5.22. The van der Waals surface area contributed by atoms with Gasteiger partial charge in [-0.25, -0.2) is 0 Å². The monoisotopic (exact) mass is 198 g/mol. The van der Waals surface area contributed by atoms with E-state index in [4.69, 9.17) is 0 Å². The minimum absolute atomic E-state index is 0.0574. The van der Waals surface area contributed by atoms with E-state index in [0.717, 1.165) is 19.0 Å². The lowest BCUT2D eigenvalue weighted by molar-refractivity contribution is -0.118. The molecule has 1 saturated carbocycles. The fraction of sp³-hybridized carbons (Fsp3) is 0.909. The summed E-state index contributed by atoms with van der Waals surface area (Å²) in [6, 6.07) is 0.649. The zero-order chi connectivity index (χ0) is 10.4. The van der Waals surface area contributed by atoms with Crippen LogP contribution in [0.4, 0.5) is 0 Å². The van der Waals surface area contributed by atoms with Crippen LogP contribution in [0.1, 0.15) is 39.5 Å². The Morgan fingerprint density at radius 2 is 2.14 bits per heavy atom. The molecule has 1 fully saturated rings. The second-order valence-electron chi connectivity index (χ2n) is 4.22. The van der Waals surface area contributed by atoms with Crippen LogP contribution < -0.4 is 10.6 Å². The maximum Gasteiger partial charge on any atom is 0.216 e. The average molecular weight is 198 g/mol. The lowest BCUT2D eigenvalue weighted by atomic mass is 10.1. The molecule has 0 spiro atoms. The molecule has 0 radical (unpaired) electrons. The van der Waals surface area contributed by atoms with Gasteiger partial charge in [0.05, 0.1) is 0 Å². The summed E-state index contributed by atoms with van der Waals surface area (Å²) >= 11 is 0. The van der Waals surface area contributed by atoms with Crippen molar-refractivity contribution in [2.45, 2.75) is 45.6 Å². The Morgan fingerprint density at radius 3 is 2.64 bits per heavy atom. The molecule has 1 rings (SSSR count). The number of nitrogens with one attached hydrogen (secondary N) is 2. The van der Waals surface area contributed by atoms with Gasteiger partial charge < -0.3 is 10.6 Å². The fourth-order valence-corrected chi connectivity index (χ4v) is 1.67. The number of carbonyl (C=O) groups is 1. The summed E-state index contributed by atoms with van der Waals surface area (Å²) < 4.78 is 0. The highest BCUT2D eigenvalue weighted by Crippen LogP contribution is 2.33. The van der Waals surface area contributed by atoms with E-state index in [9.17, 15) is 4.79 Å². The standard InChI is InChI=1S/C11H22N2O/c1-3-11(8-10-4-5-10)13-7-6-12-9(2)14/h10-11,13H,3-8H2,1-2H3,(H,12,14). The molecule has 2 N–H and O–H groups in total. The molecule has 0 heterocycles. The Kier molecular flexibility index (Phi) is 4.94. The van der Waals surface area contributed by atoms with E-state index in [1.165, 1.54) is 25.7 Å². The van der Waals surface area contributed by atoms with Crippen LogP contribution in [0.3, 0.4) is 0 Å². The Morgan fingerprint density at radius 1 is 1.43 bits per heavy atom. The van der Waals surface area contributed by atoms with Gasteiger partial charge in [-0.3, -0.25) is 4.79 Å². The van der Waals surface area contributed by atoms with E-state index in [-0.39, 0.29) is 5.91 Å². The Bertz CT molecular complexity index is 178. The van der Waals surface area contributed by atoms with Gasteiger partial charge in [-0.05, 0) is 18.8 Å². The van der Waals surface area contributed by atoms with Gasteiger partial charge in [0.1, 0.15) is 0 Å². The van der Waals surface area contributed by atoms with Crippen molar-refractivity contribution in [2.24, 2.45) is 5.92 Å². The quantitative estimate of drug-likeness (QED) is 0.605. The fourth-order valence-electron chi connectivity index (χ4n) is 1.67. The molecular formula is C11H22N2O. The van der Waals surface area contributed by atoms with Gasteiger partial charge in [0.15, 0.2) is 0 Å². The molecule has 1 amide bonds. The highest BCUT2D eigenvalue weighted by Gasteiger charge is 2.24. The van der Waals surface area contributed by atoms with Gasteiger partial charge in [-0.2, -0.15) is 0 Å². The molecule has 0 bridgehead atoms. The molecule has 14 heavy (non-hydrogen) atoms. The summed E-state index contributed by atoms with van der Waals surface area (Å²) in [5, 5.41) is 6.27. The molecule has 0 aromatic heterocycles. The molecule has 1 atom stereocenters. The molecule has 82 valence electrons. The van der Waals surface area contributed by atoms with E-state index < -0.39 is 0 Å². The van der Waals surface area contributed by atoms with Crippen molar-refractivity contribution in [2.75, 3.05) is 13.1 Å². The van der Waals surface area contributed by atoms with Crippen molar-refractivity contribution < 1.29 is 4.79 Å². The third-order valence-electron chi connectivity index (χ3n) is 2.74. The largest absolute Gasteiger partial charge is 0.355 e. The normalized spacial score (nSPS) is 17.9. The zero-order valence-electron chi connectivity index (χ0n) is 9.31. The number of amides is 1. The molecule has 1 unspecified atom stereocenters. The van der Waals surface area contributed by atoms with Crippen LogP contribution in [-0.2, 0) is 4.79 Å².